The Morgan fingerprint density at radius 2 is 2.06 bits per heavy atom. The van der Waals surface area contributed by atoms with Gasteiger partial charge < -0.3 is 9.30 Å². The summed E-state index contributed by atoms with van der Waals surface area (Å²) in [6.07, 6.45) is 2.67. The van der Waals surface area contributed by atoms with Crippen LogP contribution in [-0.4, -0.2) is 17.6 Å². The molecule has 1 aromatic heterocycles. The van der Waals surface area contributed by atoms with Gasteiger partial charge in [0.25, 0.3) is 5.56 Å². The van der Waals surface area contributed by atoms with Crippen LogP contribution < -0.4 is 5.56 Å². The van der Waals surface area contributed by atoms with Gasteiger partial charge in [-0.1, -0.05) is 13.0 Å². The second kappa shape index (κ2) is 4.64. The third kappa shape index (κ3) is 1.90. The van der Waals surface area contributed by atoms with E-state index >= 15 is 0 Å². The summed E-state index contributed by atoms with van der Waals surface area (Å²) in [5.74, 6) is -0.430. The Kier molecular flexibility index (Phi) is 3.19. The Morgan fingerprint density at radius 1 is 1.33 bits per heavy atom. The predicted molar refractivity (Wildman–Crippen MR) is 69.9 cm³/mol. The van der Waals surface area contributed by atoms with E-state index in [1.54, 1.807) is 23.7 Å². The summed E-state index contributed by atoms with van der Waals surface area (Å²) in [5, 5.41) is 1.45. The van der Waals surface area contributed by atoms with Gasteiger partial charge in [0, 0.05) is 18.6 Å². The molecule has 4 nitrogen and oxygen atoms in total. The van der Waals surface area contributed by atoms with Crippen LogP contribution in [0.5, 0.6) is 0 Å². The van der Waals surface area contributed by atoms with Crippen LogP contribution in [0.3, 0.4) is 0 Å². The molecule has 0 aliphatic heterocycles. The van der Waals surface area contributed by atoms with Crippen LogP contribution >= 0.6 is 0 Å². The highest BCUT2D eigenvalue weighted by Gasteiger charge is 2.10. The summed E-state index contributed by atoms with van der Waals surface area (Å²) >= 11 is 0. The molecule has 0 N–H and O–H groups in total. The topological polar surface area (TPSA) is 48.3 Å². The monoisotopic (exact) mass is 245 g/mol. The summed E-state index contributed by atoms with van der Waals surface area (Å²) in [6.45, 7) is 2.04. The van der Waals surface area contributed by atoms with E-state index in [1.807, 2.05) is 19.2 Å². The molecule has 0 saturated heterocycles. The number of rotatable bonds is 2. The maximum absolute atomic E-state index is 12.1. The van der Waals surface area contributed by atoms with Crippen molar-refractivity contribution < 1.29 is 9.53 Å². The second-order valence-electron chi connectivity index (χ2n) is 4.18. The fourth-order valence-electron chi connectivity index (χ4n) is 2.08. The summed E-state index contributed by atoms with van der Waals surface area (Å²) in [5.41, 5.74) is 1.38. The number of carbonyl (C=O) groups is 1. The van der Waals surface area contributed by atoms with Crippen molar-refractivity contribution in [2.75, 3.05) is 7.11 Å². The number of hydrogen-bond donors (Lipinski definition) is 0. The minimum absolute atomic E-state index is 0.104. The summed E-state index contributed by atoms with van der Waals surface area (Å²) in [6, 6.07) is 5.09. The van der Waals surface area contributed by atoms with Crippen LogP contribution in [0.15, 0.2) is 29.2 Å². The number of methoxy groups -OCH3 is 1. The smallest absolute Gasteiger partial charge is 0.337 e. The molecule has 0 radical (unpaired) electrons. The first-order chi connectivity index (χ1) is 8.58. The summed E-state index contributed by atoms with van der Waals surface area (Å²) < 4.78 is 6.21. The zero-order valence-electron chi connectivity index (χ0n) is 10.7. The zero-order valence-corrected chi connectivity index (χ0v) is 10.7. The van der Waals surface area contributed by atoms with Crippen LogP contribution in [-0.2, 0) is 18.2 Å². The van der Waals surface area contributed by atoms with E-state index in [-0.39, 0.29) is 5.56 Å². The van der Waals surface area contributed by atoms with Crippen molar-refractivity contribution in [2.45, 2.75) is 13.3 Å². The molecular formula is C14H15NO3. The van der Waals surface area contributed by atoms with Gasteiger partial charge >= 0.3 is 5.97 Å². The molecule has 0 aliphatic carbocycles. The molecule has 1 heterocycles. The van der Waals surface area contributed by atoms with E-state index in [9.17, 15) is 9.59 Å². The van der Waals surface area contributed by atoms with Crippen LogP contribution in [0, 0.1) is 0 Å². The lowest BCUT2D eigenvalue weighted by Crippen LogP contribution is -2.18. The molecule has 0 bridgehead atoms. The van der Waals surface area contributed by atoms with Gasteiger partial charge in [0.05, 0.1) is 12.7 Å². The maximum Gasteiger partial charge on any atom is 0.337 e. The highest BCUT2D eigenvalue weighted by atomic mass is 16.5. The van der Waals surface area contributed by atoms with E-state index in [0.29, 0.717) is 10.9 Å². The van der Waals surface area contributed by atoms with Crippen LogP contribution in [0.25, 0.3) is 10.8 Å². The molecule has 0 spiro atoms. The van der Waals surface area contributed by atoms with Crippen molar-refractivity contribution in [1.29, 1.82) is 0 Å². The second-order valence-corrected chi connectivity index (χ2v) is 4.18. The van der Waals surface area contributed by atoms with Gasteiger partial charge in [0.15, 0.2) is 0 Å². The van der Waals surface area contributed by atoms with Gasteiger partial charge in [0.2, 0.25) is 0 Å². The van der Waals surface area contributed by atoms with Crippen LogP contribution in [0.2, 0.25) is 0 Å². The Hall–Kier alpha value is -2.10. The molecule has 1 aromatic carbocycles. The molecule has 0 amide bonds. The highest BCUT2D eigenvalue weighted by Crippen LogP contribution is 2.18. The SMILES string of the molecule is CCc1cn(C)c(=O)c2cc(C(=O)OC)ccc12. The lowest BCUT2D eigenvalue weighted by molar-refractivity contribution is 0.0601. The van der Waals surface area contributed by atoms with Crippen molar-refractivity contribution in [3.63, 3.8) is 0 Å². The predicted octanol–water partition coefficient (Wildman–Crippen LogP) is 1.89. The van der Waals surface area contributed by atoms with Gasteiger partial charge in [-0.05, 0) is 29.5 Å². The number of aryl methyl sites for hydroxylation is 2. The lowest BCUT2D eigenvalue weighted by atomic mass is 10.0. The van der Waals surface area contributed by atoms with Gasteiger partial charge in [-0.25, -0.2) is 4.79 Å². The van der Waals surface area contributed by atoms with E-state index in [1.165, 1.54) is 7.11 Å². The Morgan fingerprint density at radius 3 is 2.67 bits per heavy atom. The van der Waals surface area contributed by atoms with E-state index in [0.717, 1.165) is 17.4 Å². The Bertz CT molecular complexity index is 671. The summed E-state index contributed by atoms with van der Waals surface area (Å²) in [7, 11) is 3.04. The normalized spacial score (nSPS) is 10.6. The molecule has 2 rings (SSSR count). The number of ether oxygens (including phenoxy) is 1. The third-order valence-corrected chi connectivity index (χ3v) is 3.07. The lowest BCUT2D eigenvalue weighted by Gasteiger charge is -2.08. The number of fused-ring (bicyclic) bond motifs is 1. The van der Waals surface area contributed by atoms with E-state index in [4.69, 9.17) is 0 Å². The minimum Gasteiger partial charge on any atom is -0.465 e. The average molecular weight is 245 g/mol. The molecule has 2 aromatic rings. The van der Waals surface area contributed by atoms with Gasteiger partial charge in [-0.2, -0.15) is 0 Å². The summed E-state index contributed by atoms with van der Waals surface area (Å²) in [4.78, 5) is 23.5. The Labute approximate surface area is 105 Å². The number of esters is 1. The maximum atomic E-state index is 12.1. The van der Waals surface area contributed by atoms with Crippen molar-refractivity contribution in [2.24, 2.45) is 7.05 Å². The number of hydrogen-bond acceptors (Lipinski definition) is 3. The number of aromatic nitrogens is 1. The van der Waals surface area contributed by atoms with Crippen molar-refractivity contribution in [3.05, 3.63) is 45.9 Å². The van der Waals surface area contributed by atoms with Crippen molar-refractivity contribution in [1.82, 2.24) is 4.57 Å². The fourth-order valence-corrected chi connectivity index (χ4v) is 2.08. The zero-order chi connectivity index (χ0) is 13.3. The standard InChI is InChI=1S/C14H15NO3/c1-4-9-8-15(2)13(16)12-7-10(14(17)18-3)5-6-11(9)12/h5-8H,4H2,1-3H3. The molecule has 18 heavy (non-hydrogen) atoms. The third-order valence-electron chi connectivity index (χ3n) is 3.07. The number of carbonyl (C=O) groups excluding carboxylic acids is 1. The molecule has 0 aliphatic rings. The van der Waals surface area contributed by atoms with Gasteiger partial charge in [-0.3, -0.25) is 4.79 Å². The van der Waals surface area contributed by atoms with Crippen molar-refractivity contribution in [3.8, 4) is 0 Å². The first kappa shape index (κ1) is 12.4. The molecule has 0 fully saturated rings. The molecular weight excluding hydrogens is 230 g/mol. The number of nitrogens with zero attached hydrogens (tertiary/aromatic N) is 1. The van der Waals surface area contributed by atoms with Crippen LogP contribution in [0.1, 0.15) is 22.8 Å². The number of pyridine rings is 1. The highest BCUT2D eigenvalue weighted by molar-refractivity contribution is 5.95. The van der Waals surface area contributed by atoms with Gasteiger partial charge in [0.1, 0.15) is 0 Å². The quantitative estimate of drug-likeness (QED) is 0.759. The minimum atomic E-state index is -0.430. The Balaban J connectivity index is 2.80. The van der Waals surface area contributed by atoms with E-state index in [2.05, 4.69) is 4.74 Å². The first-order valence-electron chi connectivity index (χ1n) is 5.79. The molecule has 0 unspecified atom stereocenters. The molecule has 4 heteroatoms. The molecule has 0 saturated carbocycles. The van der Waals surface area contributed by atoms with Crippen molar-refractivity contribution >= 4 is 16.7 Å². The largest absolute Gasteiger partial charge is 0.465 e. The first-order valence-corrected chi connectivity index (χ1v) is 5.79. The molecule has 94 valence electrons. The fraction of sp³-hybridized carbons (Fsp3) is 0.286. The number of benzene rings is 1. The van der Waals surface area contributed by atoms with Gasteiger partial charge in [-0.15, -0.1) is 0 Å². The molecule has 0 atom stereocenters. The average Bonchev–Trinajstić information content (AvgIpc) is 2.41. The van der Waals surface area contributed by atoms with Crippen LogP contribution in [0.4, 0.5) is 0 Å². The van der Waals surface area contributed by atoms with E-state index < -0.39 is 5.97 Å².